The number of hydrogen-bond acceptors (Lipinski definition) is 3. The summed E-state index contributed by atoms with van der Waals surface area (Å²) in [6, 6.07) is 2.29. The highest BCUT2D eigenvalue weighted by Crippen LogP contribution is 2.21. The zero-order valence-corrected chi connectivity index (χ0v) is 10.7. The van der Waals surface area contributed by atoms with Crippen LogP contribution in [0.1, 0.15) is 39.0 Å². The number of likely N-dealkylation sites (tertiary alicyclic amines) is 1. The molecule has 1 rings (SSSR count). The van der Waals surface area contributed by atoms with E-state index in [1.807, 2.05) is 7.05 Å². The molecule has 1 saturated heterocycles. The van der Waals surface area contributed by atoms with Crippen LogP contribution in [0.4, 0.5) is 0 Å². The van der Waals surface area contributed by atoms with Crippen molar-refractivity contribution in [3.8, 4) is 6.07 Å². The molecular formula is C13H25N3. The quantitative estimate of drug-likeness (QED) is 0.775. The molecule has 1 aliphatic heterocycles. The average Bonchev–Trinajstić information content (AvgIpc) is 2.52. The number of hydrogen-bond donors (Lipinski definition) is 1. The maximum absolute atomic E-state index is 8.92. The number of nitrogens with one attached hydrogen (secondary N) is 1. The van der Waals surface area contributed by atoms with E-state index in [1.165, 1.54) is 45.2 Å². The third-order valence-corrected chi connectivity index (χ3v) is 3.58. The van der Waals surface area contributed by atoms with Gasteiger partial charge in [-0.1, -0.05) is 19.8 Å². The lowest BCUT2D eigenvalue weighted by molar-refractivity contribution is 0.266. The SMILES string of the molecule is CCCC1CCCN(CC(C#N)NC)CC1. The van der Waals surface area contributed by atoms with Gasteiger partial charge in [0.2, 0.25) is 0 Å². The molecule has 0 aromatic rings. The Balaban J connectivity index is 2.32. The molecule has 1 heterocycles. The van der Waals surface area contributed by atoms with E-state index in [-0.39, 0.29) is 6.04 Å². The Bertz CT molecular complexity index is 222. The Morgan fingerprint density at radius 2 is 2.25 bits per heavy atom. The van der Waals surface area contributed by atoms with Crippen LogP contribution in [0.3, 0.4) is 0 Å². The van der Waals surface area contributed by atoms with Crippen LogP contribution in [-0.4, -0.2) is 37.6 Å². The zero-order valence-electron chi connectivity index (χ0n) is 10.7. The summed E-state index contributed by atoms with van der Waals surface area (Å²) in [5.74, 6) is 0.921. The minimum Gasteiger partial charge on any atom is -0.304 e. The van der Waals surface area contributed by atoms with Crippen LogP contribution in [0, 0.1) is 17.2 Å². The first-order valence-corrected chi connectivity index (χ1v) is 6.59. The summed E-state index contributed by atoms with van der Waals surface area (Å²) in [7, 11) is 1.87. The van der Waals surface area contributed by atoms with Crippen molar-refractivity contribution >= 4 is 0 Å². The molecule has 3 heteroatoms. The van der Waals surface area contributed by atoms with E-state index in [4.69, 9.17) is 5.26 Å². The Kier molecular flexibility index (Phi) is 6.44. The van der Waals surface area contributed by atoms with Crippen LogP contribution in [0.15, 0.2) is 0 Å². The van der Waals surface area contributed by atoms with Gasteiger partial charge in [0.05, 0.1) is 6.07 Å². The second-order valence-electron chi connectivity index (χ2n) is 4.86. The van der Waals surface area contributed by atoms with Crippen LogP contribution >= 0.6 is 0 Å². The van der Waals surface area contributed by atoms with Crippen molar-refractivity contribution in [3.05, 3.63) is 0 Å². The van der Waals surface area contributed by atoms with Gasteiger partial charge in [-0.05, 0) is 45.3 Å². The standard InChI is InChI=1S/C13H25N3/c1-3-5-12-6-4-8-16(9-7-12)11-13(10-14)15-2/h12-13,15H,3-9,11H2,1-2H3. The number of nitriles is 1. The maximum Gasteiger partial charge on any atom is 0.108 e. The molecule has 3 nitrogen and oxygen atoms in total. The summed E-state index contributed by atoms with van der Waals surface area (Å²) in [5.41, 5.74) is 0. The summed E-state index contributed by atoms with van der Waals surface area (Å²) < 4.78 is 0. The van der Waals surface area contributed by atoms with E-state index in [2.05, 4.69) is 23.2 Å². The summed E-state index contributed by atoms with van der Waals surface area (Å²) in [6.45, 7) is 5.49. The lowest BCUT2D eigenvalue weighted by atomic mass is 9.96. The van der Waals surface area contributed by atoms with Gasteiger partial charge in [0.25, 0.3) is 0 Å². The average molecular weight is 223 g/mol. The minimum atomic E-state index is -0.0114. The molecule has 1 fully saturated rings. The molecule has 0 amide bonds. The van der Waals surface area contributed by atoms with Gasteiger partial charge in [-0.3, -0.25) is 0 Å². The fraction of sp³-hybridized carbons (Fsp3) is 0.923. The Morgan fingerprint density at radius 1 is 1.44 bits per heavy atom. The highest BCUT2D eigenvalue weighted by molar-refractivity contribution is 4.91. The van der Waals surface area contributed by atoms with Gasteiger partial charge >= 0.3 is 0 Å². The summed E-state index contributed by atoms with van der Waals surface area (Å²) in [6.07, 6.45) is 6.67. The van der Waals surface area contributed by atoms with Crippen molar-refractivity contribution in [3.63, 3.8) is 0 Å². The Labute approximate surface area is 99.8 Å². The second-order valence-corrected chi connectivity index (χ2v) is 4.86. The topological polar surface area (TPSA) is 39.1 Å². The van der Waals surface area contributed by atoms with E-state index >= 15 is 0 Å². The molecule has 0 aromatic heterocycles. The van der Waals surface area contributed by atoms with Crippen molar-refractivity contribution in [2.45, 2.75) is 45.1 Å². The van der Waals surface area contributed by atoms with Crippen molar-refractivity contribution in [1.82, 2.24) is 10.2 Å². The lowest BCUT2D eigenvalue weighted by Gasteiger charge is -2.22. The first-order chi connectivity index (χ1) is 7.80. The van der Waals surface area contributed by atoms with E-state index in [0.29, 0.717) is 0 Å². The fourth-order valence-corrected chi connectivity index (χ4v) is 2.56. The Hall–Kier alpha value is -0.590. The van der Waals surface area contributed by atoms with Crippen molar-refractivity contribution < 1.29 is 0 Å². The molecule has 0 radical (unpaired) electrons. The summed E-state index contributed by atoms with van der Waals surface area (Å²) in [5, 5.41) is 12.0. The normalized spacial score (nSPS) is 24.7. The van der Waals surface area contributed by atoms with Crippen LogP contribution in [0.5, 0.6) is 0 Å². The zero-order chi connectivity index (χ0) is 11.8. The largest absolute Gasteiger partial charge is 0.304 e. The first-order valence-electron chi connectivity index (χ1n) is 6.59. The lowest BCUT2D eigenvalue weighted by Crippen LogP contribution is -2.39. The van der Waals surface area contributed by atoms with Gasteiger partial charge in [-0.25, -0.2) is 0 Å². The van der Waals surface area contributed by atoms with Gasteiger partial charge < -0.3 is 10.2 Å². The third-order valence-electron chi connectivity index (χ3n) is 3.58. The molecule has 92 valence electrons. The number of rotatable bonds is 5. The second kappa shape index (κ2) is 7.65. The van der Waals surface area contributed by atoms with Crippen LogP contribution in [0.25, 0.3) is 0 Å². The smallest absolute Gasteiger partial charge is 0.108 e. The van der Waals surface area contributed by atoms with E-state index in [1.54, 1.807) is 0 Å². The highest BCUT2D eigenvalue weighted by Gasteiger charge is 2.18. The molecule has 0 aromatic carbocycles. The predicted octanol–water partition coefficient (Wildman–Crippen LogP) is 2.00. The van der Waals surface area contributed by atoms with Gasteiger partial charge in [0, 0.05) is 6.54 Å². The van der Waals surface area contributed by atoms with Crippen LogP contribution in [-0.2, 0) is 0 Å². The molecule has 0 bridgehead atoms. The van der Waals surface area contributed by atoms with Gasteiger partial charge in [-0.15, -0.1) is 0 Å². The fourth-order valence-electron chi connectivity index (χ4n) is 2.56. The van der Waals surface area contributed by atoms with E-state index in [9.17, 15) is 0 Å². The van der Waals surface area contributed by atoms with Crippen molar-refractivity contribution in [2.75, 3.05) is 26.7 Å². The monoisotopic (exact) mass is 223 g/mol. The molecular weight excluding hydrogens is 198 g/mol. The summed E-state index contributed by atoms with van der Waals surface area (Å²) in [4.78, 5) is 2.44. The highest BCUT2D eigenvalue weighted by atomic mass is 15.1. The van der Waals surface area contributed by atoms with Gasteiger partial charge in [0.15, 0.2) is 0 Å². The van der Waals surface area contributed by atoms with E-state index < -0.39 is 0 Å². The van der Waals surface area contributed by atoms with E-state index in [0.717, 1.165) is 12.5 Å². The molecule has 16 heavy (non-hydrogen) atoms. The van der Waals surface area contributed by atoms with Crippen molar-refractivity contribution in [1.29, 1.82) is 5.26 Å². The van der Waals surface area contributed by atoms with Crippen LogP contribution in [0.2, 0.25) is 0 Å². The maximum atomic E-state index is 8.92. The molecule has 1 aliphatic rings. The summed E-state index contributed by atoms with van der Waals surface area (Å²) >= 11 is 0. The van der Waals surface area contributed by atoms with Gasteiger partial charge in [-0.2, -0.15) is 5.26 Å². The van der Waals surface area contributed by atoms with Crippen molar-refractivity contribution in [2.24, 2.45) is 5.92 Å². The molecule has 2 atom stereocenters. The first kappa shape index (κ1) is 13.5. The minimum absolute atomic E-state index is 0.0114. The van der Waals surface area contributed by atoms with Crippen LogP contribution < -0.4 is 5.32 Å². The number of likely N-dealkylation sites (N-methyl/N-ethyl adjacent to an activating group) is 1. The predicted molar refractivity (Wildman–Crippen MR) is 67.1 cm³/mol. The third kappa shape index (κ3) is 4.51. The molecule has 0 spiro atoms. The molecule has 0 saturated carbocycles. The van der Waals surface area contributed by atoms with Gasteiger partial charge in [0.1, 0.15) is 6.04 Å². The Morgan fingerprint density at radius 3 is 2.88 bits per heavy atom. The molecule has 2 unspecified atom stereocenters. The molecule has 0 aliphatic carbocycles. The number of nitrogens with zero attached hydrogens (tertiary/aromatic N) is 2. The molecule has 1 N–H and O–H groups in total.